The monoisotopic (exact) mass is 440 g/mol. The van der Waals surface area contributed by atoms with Gasteiger partial charge >= 0.3 is 0 Å². The molecule has 0 aromatic carbocycles. The van der Waals surface area contributed by atoms with E-state index in [-0.39, 0.29) is 5.91 Å². The van der Waals surface area contributed by atoms with Crippen LogP contribution in [0.3, 0.4) is 0 Å². The molecule has 1 aliphatic rings. The van der Waals surface area contributed by atoms with Gasteiger partial charge in [0.25, 0.3) is 0 Å². The molecular weight excluding hydrogens is 416 g/mol. The van der Waals surface area contributed by atoms with Gasteiger partial charge in [0.05, 0.1) is 42.4 Å². The molecule has 9 heteroatoms. The lowest BCUT2D eigenvalue weighted by atomic mass is 10.1. The van der Waals surface area contributed by atoms with Gasteiger partial charge in [0.15, 0.2) is 0 Å². The van der Waals surface area contributed by atoms with Crippen LogP contribution in [0.15, 0.2) is 61.4 Å². The fraction of sp³-hybridized carbons (Fsp3) is 0.292. The molecular formula is C24H24N8O. The van der Waals surface area contributed by atoms with Crippen LogP contribution in [0, 0.1) is 0 Å². The highest BCUT2D eigenvalue weighted by atomic mass is 16.2. The first kappa shape index (κ1) is 19.7. The Morgan fingerprint density at radius 2 is 1.91 bits per heavy atom. The first-order chi connectivity index (χ1) is 16.2. The van der Waals surface area contributed by atoms with Gasteiger partial charge in [-0.25, -0.2) is 4.98 Å². The van der Waals surface area contributed by atoms with Crippen molar-refractivity contribution < 1.29 is 4.79 Å². The minimum Gasteiger partial charge on any atom is -0.343 e. The van der Waals surface area contributed by atoms with Gasteiger partial charge in [-0.05, 0) is 31.0 Å². The zero-order valence-corrected chi connectivity index (χ0v) is 18.4. The summed E-state index contributed by atoms with van der Waals surface area (Å²) < 4.78 is 6.07. The van der Waals surface area contributed by atoms with E-state index in [1.165, 1.54) is 0 Å². The van der Waals surface area contributed by atoms with E-state index in [1.807, 2.05) is 57.2 Å². The summed E-state index contributed by atoms with van der Waals surface area (Å²) in [6.45, 7) is 3.81. The molecule has 5 aromatic heterocycles. The normalized spacial score (nSPS) is 15.0. The van der Waals surface area contributed by atoms with Crippen molar-refractivity contribution in [3.63, 3.8) is 0 Å². The van der Waals surface area contributed by atoms with Crippen molar-refractivity contribution in [1.82, 2.24) is 38.8 Å². The summed E-state index contributed by atoms with van der Waals surface area (Å²) in [5, 5.41) is 9.19. The van der Waals surface area contributed by atoms with Crippen LogP contribution in [0.4, 0.5) is 0 Å². The number of carbonyl (C=O) groups is 1. The molecule has 1 amide bonds. The van der Waals surface area contributed by atoms with Crippen LogP contribution in [-0.2, 0) is 11.3 Å². The number of piperidine rings is 1. The van der Waals surface area contributed by atoms with Crippen LogP contribution >= 0.6 is 0 Å². The van der Waals surface area contributed by atoms with E-state index in [9.17, 15) is 4.79 Å². The van der Waals surface area contributed by atoms with Crippen molar-refractivity contribution in [2.24, 2.45) is 0 Å². The molecule has 0 bridgehead atoms. The maximum atomic E-state index is 11.6. The predicted octanol–water partition coefficient (Wildman–Crippen LogP) is 3.17. The third-order valence-corrected chi connectivity index (χ3v) is 6.52. The standard InChI is InChI=1S/C24H24N8O/c1-17(33)29-8-5-20(6-9-29)31-15-19(12-27-31)18-10-23-22(25-11-18)14-28-32(23)16-21-13-26-24-4-2-3-7-30(21)24/h2-4,7,10-15,20H,5-6,8-9,16H2,1H3. The second-order valence-electron chi connectivity index (χ2n) is 8.56. The number of fused-ring (bicyclic) bond motifs is 2. The van der Waals surface area contributed by atoms with Gasteiger partial charge in [-0.15, -0.1) is 0 Å². The topological polar surface area (TPSA) is 86.1 Å². The van der Waals surface area contributed by atoms with E-state index in [1.54, 1.807) is 13.1 Å². The van der Waals surface area contributed by atoms with Gasteiger partial charge in [-0.3, -0.25) is 19.1 Å². The van der Waals surface area contributed by atoms with Crippen molar-refractivity contribution in [3.05, 3.63) is 67.1 Å². The minimum absolute atomic E-state index is 0.148. The number of hydrogen-bond donors (Lipinski definition) is 0. The number of rotatable bonds is 4. The molecule has 0 atom stereocenters. The zero-order valence-electron chi connectivity index (χ0n) is 18.4. The van der Waals surface area contributed by atoms with Crippen LogP contribution in [-0.4, -0.2) is 57.8 Å². The number of pyridine rings is 2. The van der Waals surface area contributed by atoms with E-state index < -0.39 is 0 Å². The summed E-state index contributed by atoms with van der Waals surface area (Å²) in [5.41, 5.74) is 5.85. The van der Waals surface area contributed by atoms with Gasteiger partial charge in [-0.2, -0.15) is 10.2 Å². The zero-order chi connectivity index (χ0) is 22.4. The van der Waals surface area contributed by atoms with Crippen molar-refractivity contribution in [1.29, 1.82) is 0 Å². The van der Waals surface area contributed by atoms with E-state index in [0.29, 0.717) is 12.6 Å². The van der Waals surface area contributed by atoms with Gasteiger partial charge in [0, 0.05) is 49.7 Å². The number of carbonyl (C=O) groups excluding carboxylic acids is 1. The Morgan fingerprint density at radius 3 is 2.76 bits per heavy atom. The van der Waals surface area contributed by atoms with Gasteiger partial charge in [-0.1, -0.05) is 6.07 Å². The Bertz CT molecular complexity index is 1450. The molecule has 9 nitrogen and oxygen atoms in total. The average Bonchev–Trinajstić information content (AvgIpc) is 3.58. The van der Waals surface area contributed by atoms with E-state index >= 15 is 0 Å². The van der Waals surface area contributed by atoms with Crippen molar-refractivity contribution in [2.45, 2.75) is 32.4 Å². The number of likely N-dealkylation sites (tertiary alicyclic amines) is 1. The Hall–Kier alpha value is -4.01. The maximum absolute atomic E-state index is 11.6. The van der Waals surface area contributed by atoms with Crippen molar-refractivity contribution in [3.8, 4) is 11.1 Å². The second-order valence-corrected chi connectivity index (χ2v) is 8.56. The summed E-state index contributed by atoms with van der Waals surface area (Å²) in [6.07, 6.45) is 13.4. The quantitative estimate of drug-likeness (QED) is 0.428. The molecule has 33 heavy (non-hydrogen) atoms. The molecule has 5 aromatic rings. The Labute approximate surface area is 190 Å². The summed E-state index contributed by atoms with van der Waals surface area (Å²) in [5.74, 6) is 0.148. The minimum atomic E-state index is 0.148. The fourth-order valence-corrected chi connectivity index (χ4v) is 4.63. The second kappa shape index (κ2) is 7.84. The third kappa shape index (κ3) is 3.55. The highest BCUT2D eigenvalue weighted by Crippen LogP contribution is 2.27. The lowest BCUT2D eigenvalue weighted by Gasteiger charge is -2.31. The molecule has 6 heterocycles. The fourth-order valence-electron chi connectivity index (χ4n) is 4.63. The summed E-state index contributed by atoms with van der Waals surface area (Å²) in [4.78, 5) is 22.6. The van der Waals surface area contributed by atoms with Gasteiger partial charge in [0.2, 0.25) is 5.91 Å². The third-order valence-electron chi connectivity index (χ3n) is 6.52. The molecule has 0 aliphatic carbocycles. The highest BCUT2D eigenvalue weighted by molar-refractivity contribution is 5.80. The van der Waals surface area contributed by atoms with Crippen molar-refractivity contribution >= 4 is 22.6 Å². The van der Waals surface area contributed by atoms with E-state index in [2.05, 4.69) is 36.8 Å². The van der Waals surface area contributed by atoms with Crippen molar-refractivity contribution in [2.75, 3.05) is 13.1 Å². The van der Waals surface area contributed by atoms with Crippen LogP contribution in [0.25, 0.3) is 27.8 Å². The predicted molar refractivity (Wildman–Crippen MR) is 124 cm³/mol. The number of nitrogens with zero attached hydrogens (tertiary/aromatic N) is 8. The highest BCUT2D eigenvalue weighted by Gasteiger charge is 2.22. The Morgan fingerprint density at radius 1 is 1.03 bits per heavy atom. The van der Waals surface area contributed by atoms with E-state index in [0.717, 1.165) is 59.4 Å². The van der Waals surface area contributed by atoms with Gasteiger partial charge < -0.3 is 9.30 Å². The SMILES string of the molecule is CC(=O)N1CCC(n2cc(-c3cnc4cnn(Cc5cnc6ccccn56)c4c3)cn2)CC1. The molecule has 0 saturated carbocycles. The average molecular weight is 441 g/mol. The Kier molecular flexibility index (Phi) is 4.67. The molecule has 1 aliphatic heterocycles. The van der Waals surface area contributed by atoms with Gasteiger partial charge in [0.1, 0.15) is 11.2 Å². The summed E-state index contributed by atoms with van der Waals surface area (Å²) >= 11 is 0. The number of hydrogen-bond acceptors (Lipinski definition) is 5. The first-order valence-electron chi connectivity index (χ1n) is 11.2. The molecule has 166 valence electrons. The lowest BCUT2D eigenvalue weighted by molar-refractivity contribution is -0.130. The molecule has 0 unspecified atom stereocenters. The number of imidazole rings is 1. The molecule has 1 saturated heterocycles. The molecule has 1 fully saturated rings. The first-order valence-corrected chi connectivity index (χ1v) is 11.2. The Balaban J connectivity index is 1.26. The lowest BCUT2D eigenvalue weighted by Crippen LogP contribution is -2.37. The molecule has 0 radical (unpaired) electrons. The largest absolute Gasteiger partial charge is 0.343 e. The maximum Gasteiger partial charge on any atom is 0.219 e. The molecule has 0 spiro atoms. The summed E-state index contributed by atoms with van der Waals surface area (Å²) in [7, 11) is 0. The summed E-state index contributed by atoms with van der Waals surface area (Å²) in [6, 6.07) is 8.41. The van der Waals surface area contributed by atoms with Crippen LogP contribution < -0.4 is 0 Å². The van der Waals surface area contributed by atoms with E-state index in [4.69, 9.17) is 0 Å². The molecule has 0 N–H and O–H groups in total. The van der Waals surface area contributed by atoms with Crippen LogP contribution in [0.5, 0.6) is 0 Å². The van der Waals surface area contributed by atoms with Crippen LogP contribution in [0.1, 0.15) is 31.5 Å². The number of aromatic nitrogens is 7. The molecule has 6 rings (SSSR count). The number of amides is 1. The van der Waals surface area contributed by atoms with Crippen LogP contribution in [0.2, 0.25) is 0 Å². The smallest absolute Gasteiger partial charge is 0.219 e.